The number of hydrogen-bond acceptors (Lipinski definition) is 2. The quantitative estimate of drug-likeness (QED) is 0.887. The second-order valence-electron chi connectivity index (χ2n) is 6.74. The van der Waals surface area contributed by atoms with Gasteiger partial charge in [0.1, 0.15) is 0 Å². The van der Waals surface area contributed by atoms with Crippen LogP contribution >= 0.6 is 12.4 Å². The minimum atomic E-state index is -0.246. The molecule has 1 fully saturated rings. The molecule has 3 N–H and O–H groups in total. The normalized spacial score (nSPS) is 27.4. The van der Waals surface area contributed by atoms with Crippen LogP contribution in [0.2, 0.25) is 0 Å². The van der Waals surface area contributed by atoms with Gasteiger partial charge in [-0.05, 0) is 36.7 Å². The van der Waals surface area contributed by atoms with E-state index in [0.29, 0.717) is 12.0 Å². The fraction of sp³-hybridized carbons (Fsp3) is 0.611. The Morgan fingerprint density at radius 1 is 1.23 bits per heavy atom. The lowest BCUT2D eigenvalue weighted by molar-refractivity contribution is -0.126. The van der Waals surface area contributed by atoms with Crippen LogP contribution in [0.5, 0.6) is 0 Å². The molecular formula is C18H29ClN2O. The molecule has 0 spiro atoms. The van der Waals surface area contributed by atoms with E-state index in [1.54, 1.807) is 0 Å². The molecule has 5 atom stereocenters. The Balaban J connectivity index is 0.00000242. The van der Waals surface area contributed by atoms with Crippen molar-refractivity contribution in [3.05, 3.63) is 35.9 Å². The van der Waals surface area contributed by atoms with Gasteiger partial charge in [0.2, 0.25) is 5.91 Å². The monoisotopic (exact) mass is 324 g/mol. The second-order valence-corrected chi connectivity index (χ2v) is 6.74. The highest BCUT2D eigenvalue weighted by Gasteiger charge is 2.29. The third-order valence-corrected chi connectivity index (χ3v) is 4.90. The number of amides is 1. The molecule has 124 valence electrons. The first-order chi connectivity index (χ1) is 9.99. The number of nitrogens with two attached hydrogens (primary N) is 1. The SMILES string of the molecule is CC1CCC(NC(=O)C(C)C(N)c2ccccc2)C(C)C1.Cl. The molecule has 0 aromatic heterocycles. The molecule has 1 amide bonds. The van der Waals surface area contributed by atoms with Gasteiger partial charge < -0.3 is 11.1 Å². The molecule has 2 rings (SSSR count). The van der Waals surface area contributed by atoms with Gasteiger partial charge in [0, 0.05) is 12.1 Å². The summed E-state index contributed by atoms with van der Waals surface area (Å²) in [6.07, 6.45) is 3.49. The number of carbonyl (C=O) groups is 1. The zero-order chi connectivity index (χ0) is 15.4. The summed E-state index contributed by atoms with van der Waals surface area (Å²) in [6, 6.07) is 9.92. The van der Waals surface area contributed by atoms with Gasteiger partial charge in [0.15, 0.2) is 0 Å². The molecule has 4 heteroatoms. The van der Waals surface area contributed by atoms with E-state index in [0.717, 1.165) is 17.9 Å². The summed E-state index contributed by atoms with van der Waals surface area (Å²) in [5.74, 6) is 1.20. The Morgan fingerprint density at radius 2 is 1.86 bits per heavy atom. The van der Waals surface area contributed by atoms with Gasteiger partial charge in [0.25, 0.3) is 0 Å². The first-order valence-corrected chi connectivity index (χ1v) is 8.10. The van der Waals surface area contributed by atoms with Crippen molar-refractivity contribution in [3.63, 3.8) is 0 Å². The number of carbonyl (C=O) groups excluding carboxylic acids is 1. The molecule has 22 heavy (non-hydrogen) atoms. The van der Waals surface area contributed by atoms with E-state index in [1.807, 2.05) is 37.3 Å². The zero-order valence-corrected chi connectivity index (χ0v) is 14.6. The Labute approximate surface area is 140 Å². The maximum atomic E-state index is 12.5. The van der Waals surface area contributed by atoms with E-state index in [1.165, 1.54) is 12.8 Å². The van der Waals surface area contributed by atoms with Crippen LogP contribution in [0.4, 0.5) is 0 Å². The number of halogens is 1. The summed E-state index contributed by atoms with van der Waals surface area (Å²) in [7, 11) is 0. The molecular weight excluding hydrogens is 296 g/mol. The molecule has 0 radical (unpaired) electrons. The number of benzene rings is 1. The van der Waals surface area contributed by atoms with E-state index in [-0.39, 0.29) is 30.3 Å². The van der Waals surface area contributed by atoms with Crippen LogP contribution in [0.3, 0.4) is 0 Å². The van der Waals surface area contributed by atoms with Crippen LogP contribution in [0, 0.1) is 17.8 Å². The zero-order valence-electron chi connectivity index (χ0n) is 13.8. The lowest BCUT2D eigenvalue weighted by Crippen LogP contribution is -2.46. The fourth-order valence-electron chi connectivity index (χ4n) is 3.32. The van der Waals surface area contributed by atoms with Crippen molar-refractivity contribution in [3.8, 4) is 0 Å². The first kappa shape index (κ1) is 19.0. The number of hydrogen-bond donors (Lipinski definition) is 2. The van der Waals surface area contributed by atoms with Crippen LogP contribution in [0.1, 0.15) is 51.6 Å². The van der Waals surface area contributed by atoms with Gasteiger partial charge in [-0.3, -0.25) is 4.79 Å². The van der Waals surface area contributed by atoms with Gasteiger partial charge >= 0.3 is 0 Å². The van der Waals surface area contributed by atoms with Crippen molar-refractivity contribution in [2.75, 3.05) is 0 Å². The molecule has 5 unspecified atom stereocenters. The van der Waals surface area contributed by atoms with Gasteiger partial charge in [-0.25, -0.2) is 0 Å². The van der Waals surface area contributed by atoms with Crippen molar-refractivity contribution in [2.45, 2.75) is 52.1 Å². The van der Waals surface area contributed by atoms with Crippen LogP contribution < -0.4 is 11.1 Å². The summed E-state index contributed by atoms with van der Waals surface area (Å²) < 4.78 is 0. The summed E-state index contributed by atoms with van der Waals surface area (Å²) in [5, 5.41) is 3.22. The molecule has 1 aliphatic rings. The molecule has 3 nitrogen and oxygen atoms in total. The third kappa shape index (κ3) is 4.72. The van der Waals surface area contributed by atoms with Crippen LogP contribution in [-0.2, 0) is 4.79 Å². The van der Waals surface area contributed by atoms with E-state index in [4.69, 9.17) is 5.73 Å². The first-order valence-electron chi connectivity index (χ1n) is 8.10. The van der Waals surface area contributed by atoms with Gasteiger partial charge in [-0.2, -0.15) is 0 Å². The predicted molar refractivity (Wildman–Crippen MR) is 93.9 cm³/mol. The Kier molecular flexibility index (Phi) is 7.37. The molecule has 1 saturated carbocycles. The highest BCUT2D eigenvalue weighted by atomic mass is 35.5. The van der Waals surface area contributed by atoms with E-state index < -0.39 is 0 Å². The summed E-state index contributed by atoms with van der Waals surface area (Å²) in [5.41, 5.74) is 7.26. The molecule has 1 aromatic carbocycles. The Morgan fingerprint density at radius 3 is 2.45 bits per heavy atom. The third-order valence-electron chi connectivity index (χ3n) is 4.90. The van der Waals surface area contributed by atoms with Crippen molar-refractivity contribution in [2.24, 2.45) is 23.5 Å². The Hall–Kier alpha value is -1.06. The highest BCUT2D eigenvalue weighted by molar-refractivity contribution is 5.85. The maximum Gasteiger partial charge on any atom is 0.224 e. The molecule has 0 bridgehead atoms. The molecule has 1 aliphatic carbocycles. The van der Waals surface area contributed by atoms with Crippen LogP contribution in [0.25, 0.3) is 0 Å². The maximum absolute atomic E-state index is 12.5. The van der Waals surface area contributed by atoms with Crippen LogP contribution in [0.15, 0.2) is 30.3 Å². The smallest absolute Gasteiger partial charge is 0.224 e. The van der Waals surface area contributed by atoms with Crippen molar-refractivity contribution < 1.29 is 4.79 Å². The van der Waals surface area contributed by atoms with Gasteiger partial charge in [-0.15, -0.1) is 12.4 Å². The van der Waals surface area contributed by atoms with E-state index >= 15 is 0 Å². The summed E-state index contributed by atoms with van der Waals surface area (Å²) in [4.78, 5) is 12.5. The fourth-order valence-corrected chi connectivity index (χ4v) is 3.32. The Bertz CT molecular complexity index is 465. The average molecular weight is 325 g/mol. The molecule has 1 aromatic rings. The van der Waals surface area contributed by atoms with Crippen molar-refractivity contribution in [1.82, 2.24) is 5.32 Å². The number of rotatable bonds is 4. The molecule has 0 saturated heterocycles. The minimum absolute atomic E-state index is 0. The number of nitrogens with one attached hydrogen (secondary N) is 1. The van der Waals surface area contributed by atoms with Gasteiger partial charge in [0.05, 0.1) is 5.92 Å². The largest absolute Gasteiger partial charge is 0.353 e. The summed E-state index contributed by atoms with van der Waals surface area (Å²) >= 11 is 0. The standard InChI is InChI=1S/C18H28N2O.ClH/c1-12-9-10-16(13(2)11-12)20-18(21)14(3)17(19)15-7-5-4-6-8-15;/h4-8,12-14,16-17H,9-11,19H2,1-3H3,(H,20,21);1H. The van der Waals surface area contributed by atoms with Crippen LogP contribution in [-0.4, -0.2) is 11.9 Å². The topological polar surface area (TPSA) is 55.1 Å². The average Bonchev–Trinajstić information content (AvgIpc) is 2.49. The van der Waals surface area contributed by atoms with Crippen molar-refractivity contribution >= 4 is 18.3 Å². The van der Waals surface area contributed by atoms with E-state index in [2.05, 4.69) is 19.2 Å². The lowest BCUT2D eigenvalue weighted by atomic mass is 9.79. The predicted octanol–water partition coefficient (Wildman–Crippen LogP) is 3.69. The van der Waals surface area contributed by atoms with Gasteiger partial charge in [-0.1, -0.05) is 51.1 Å². The van der Waals surface area contributed by atoms with Crippen molar-refractivity contribution in [1.29, 1.82) is 0 Å². The minimum Gasteiger partial charge on any atom is -0.353 e. The molecule has 0 heterocycles. The second kappa shape index (κ2) is 8.54. The lowest BCUT2D eigenvalue weighted by Gasteiger charge is -2.34. The highest BCUT2D eigenvalue weighted by Crippen LogP contribution is 2.29. The summed E-state index contributed by atoms with van der Waals surface area (Å²) in [6.45, 7) is 6.45. The van der Waals surface area contributed by atoms with E-state index in [9.17, 15) is 4.79 Å². The molecule has 0 aliphatic heterocycles.